The quantitative estimate of drug-likeness (QED) is 0.450. The van der Waals surface area contributed by atoms with Gasteiger partial charge in [0, 0.05) is 36.2 Å². The number of carbonyl (C=O) groups is 2. The maximum absolute atomic E-state index is 12.8. The SMILES string of the molecule is Cc1ccccc1-n1nc(C(C)(C)C)cc1NC(=O)CN(C)C(=O)c1cccc([N+](=O)[O-])c1. The number of hydrogen-bond acceptors (Lipinski definition) is 5. The first-order valence-electron chi connectivity index (χ1n) is 10.4. The van der Waals surface area contributed by atoms with Crippen LogP contribution in [0.25, 0.3) is 5.69 Å². The predicted octanol–water partition coefficient (Wildman–Crippen LogP) is 4.10. The van der Waals surface area contributed by atoms with Gasteiger partial charge < -0.3 is 10.2 Å². The molecule has 0 radical (unpaired) electrons. The molecule has 0 spiro atoms. The second-order valence-electron chi connectivity index (χ2n) is 8.88. The Morgan fingerprint density at radius 3 is 2.45 bits per heavy atom. The average Bonchev–Trinajstić information content (AvgIpc) is 3.17. The number of para-hydroxylation sites is 1. The highest BCUT2D eigenvalue weighted by Gasteiger charge is 2.23. The van der Waals surface area contributed by atoms with Gasteiger partial charge in [-0.3, -0.25) is 19.7 Å². The number of benzene rings is 2. The standard InChI is InChI=1S/C24H27N5O4/c1-16-9-6-7-12-19(16)28-21(14-20(26-28)24(2,3)4)25-22(30)15-27(5)23(31)17-10-8-11-18(13-17)29(32)33/h6-14H,15H2,1-5H3,(H,25,30). The van der Waals surface area contributed by atoms with Gasteiger partial charge in [0.2, 0.25) is 5.91 Å². The summed E-state index contributed by atoms with van der Waals surface area (Å²) in [5.41, 5.74) is 2.36. The Labute approximate surface area is 192 Å². The number of aryl methyl sites for hydroxylation is 1. The summed E-state index contributed by atoms with van der Waals surface area (Å²) in [6.45, 7) is 7.84. The van der Waals surface area contributed by atoms with E-state index in [4.69, 9.17) is 5.10 Å². The lowest BCUT2D eigenvalue weighted by atomic mass is 9.92. The van der Waals surface area contributed by atoms with E-state index in [9.17, 15) is 19.7 Å². The van der Waals surface area contributed by atoms with Crippen molar-refractivity contribution in [3.8, 4) is 5.69 Å². The highest BCUT2D eigenvalue weighted by atomic mass is 16.6. The van der Waals surface area contributed by atoms with E-state index in [2.05, 4.69) is 5.32 Å². The van der Waals surface area contributed by atoms with Gasteiger partial charge in [-0.05, 0) is 24.6 Å². The van der Waals surface area contributed by atoms with Gasteiger partial charge in [0.1, 0.15) is 5.82 Å². The molecule has 1 N–H and O–H groups in total. The fraction of sp³-hybridized carbons (Fsp3) is 0.292. The molecule has 0 saturated heterocycles. The number of nitro groups is 1. The molecule has 2 aromatic carbocycles. The lowest BCUT2D eigenvalue weighted by Crippen LogP contribution is -2.35. The van der Waals surface area contributed by atoms with Crippen LogP contribution in [0.15, 0.2) is 54.6 Å². The van der Waals surface area contributed by atoms with Gasteiger partial charge in [0.25, 0.3) is 11.6 Å². The largest absolute Gasteiger partial charge is 0.332 e. The van der Waals surface area contributed by atoms with Gasteiger partial charge >= 0.3 is 0 Å². The van der Waals surface area contributed by atoms with Crippen molar-refractivity contribution in [3.63, 3.8) is 0 Å². The van der Waals surface area contributed by atoms with Crippen LogP contribution in [0, 0.1) is 17.0 Å². The number of aromatic nitrogens is 2. The third-order valence-corrected chi connectivity index (χ3v) is 5.12. The number of amides is 2. The third-order valence-electron chi connectivity index (χ3n) is 5.12. The molecule has 3 aromatic rings. The fourth-order valence-electron chi connectivity index (χ4n) is 3.26. The van der Waals surface area contributed by atoms with Crippen LogP contribution in [-0.4, -0.2) is 45.0 Å². The number of nitro benzene ring substituents is 1. The molecule has 3 rings (SSSR count). The van der Waals surface area contributed by atoms with Crippen molar-refractivity contribution in [2.75, 3.05) is 18.9 Å². The number of hydrogen-bond donors (Lipinski definition) is 1. The summed E-state index contributed by atoms with van der Waals surface area (Å²) in [5.74, 6) is -0.404. The van der Waals surface area contributed by atoms with E-state index >= 15 is 0 Å². The Morgan fingerprint density at radius 1 is 1.12 bits per heavy atom. The van der Waals surface area contributed by atoms with Crippen molar-refractivity contribution in [3.05, 3.63) is 81.5 Å². The first-order valence-corrected chi connectivity index (χ1v) is 10.4. The monoisotopic (exact) mass is 449 g/mol. The van der Waals surface area contributed by atoms with E-state index in [0.29, 0.717) is 5.82 Å². The van der Waals surface area contributed by atoms with E-state index < -0.39 is 16.7 Å². The number of carbonyl (C=O) groups excluding carboxylic acids is 2. The highest BCUT2D eigenvalue weighted by molar-refractivity contribution is 5.99. The van der Waals surface area contributed by atoms with Gasteiger partial charge in [-0.25, -0.2) is 4.68 Å². The van der Waals surface area contributed by atoms with Gasteiger partial charge in [0.15, 0.2) is 0 Å². The Hall–Kier alpha value is -4.01. The number of rotatable bonds is 6. The van der Waals surface area contributed by atoms with Gasteiger partial charge in [-0.15, -0.1) is 0 Å². The molecule has 1 heterocycles. The molecular weight excluding hydrogens is 422 g/mol. The van der Waals surface area contributed by atoms with Crippen LogP contribution < -0.4 is 5.32 Å². The molecule has 0 atom stereocenters. The lowest BCUT2D eigenvalue weighted by molar-refractivity contribution is -0.384. The second kappa shape index (κ2) is 9.23. The van der Waals surface area contributed by atoms with Crippen LogP contribution in [0.3, 0.4) is 0 Å². The number of anilines is 1. The zero-order valence-corrected chi connectivity index (χ0v) is 19.3. The molecule has 0 aliphatic heterocycles. The van der Waals surface area contributed by atoms with Crippen molar-refractivity contribution >= 4 is 23.3 Å². The number of non-ortho nitro benzene ring substituents is 1. The molecule has 1 aromatic heterocycles. The number of nitrogens with zero attached hydrogens (tertiary/aromatic N) is 4. The molecular formula is C24H27N5O4. The molecule has 0 saturated carbocycles. The molecule has 9 heteroatoms. The minimum absolute atomic E-state index is 0.138. The highest BCUT2D eigenvalue weighted by Crippen LogP contribution is 2.27. The topological polar surface area (TPSA) is 110 Å². The molecule has 0 aliphatic carbocycles. The zero-order chi connectivity index (χ0) is 24.3. The van der Waals surface area contributed by atoms with Gasteiger partial charge in [0.05, 0.1) is 22.8 Å². The van der Waals surface area contributed by atoms with E-state index in [0.717, 1.165) is 16.9 Å². The first kappa shape index (κ1) is 23.6. The molecule has 0 unspecified atom stereocenters. The van der Waals surface area contributed by atoms with Crippen molar-refractivity contribution in [1.82, 2.24) is 14.7 Å². The van der Waals surface area contributed by atoms with E-state index in [1.807, 2.05) is 58.0 Å². The van der Waals surface area contributed by atoms with Crippen LogP contribution in [0.1, 0.15) is 42.4 Å². The number of nitrogens with one attached hydrogen (secondary N) is 1. The Bertz CT molecular complexity index is 1210. The summed E-state index contributed by atoms with van der Waals surface area (Å²) in [7, 11) is 1.47. The summed E-state index contributed by atoms with van der Waals surface area (Å²) < 4.78 is 1.69. The molecule has 172 valence electrons. The van der Waals surface area contributed by atoms with Crippen LogP contribution in [-0.2, 0) is 10.2 Å². The van der Waals surface area contributed by atoms with Crippen LogP contribution in [0.4, 0.5) is 11.5 Å². The minimum Gasteiger partial charge on any atom is -0.332 e. The minimum atomic E-state index is -0.566. The smallest absolute Gasteiger partial charge is 0.270 e. The summed E-state index contributed by atoms with van der Waals surface area (Å²) in [6.07, 6.45) is 0. The molecule has 0 fully saturated rings. The van der Waals surface area contributed by atoms with Crippen molar-refractivity contribution in [2.24, 2.45) is 0 Å². The van der Waals surface area contributed by atoms with Crippen LogP contribution in [0.2, 0.25) is 0 Å². The molecule has 0 bridgehead atoms. The van der Waals surface area contributed by atoms with E-state index in [1.165, 1.54) is 36.2 Å². The first-order chi connectivity index (χ1) is 15.5. The lowest BCUT2D eigenvalue weighted by Gasteiger charge is -2.17. The fourth-order valence-corrected chi connectivity index (χ4v) is 3.26. The molecule has 0 aliphatic rings. The maximum Gasteiger partial charge on any atom is 0.270 e. The maximum atomic E-state index is 12.8. The Morgan fingerprint density at radius 2 is 1.82 bits per heavy atom. The normalized spacial score (nSPS) is 11.2. The van der Waals surface area contributed by atoms with Crippen molar-refractivity contribution in [2.45, 2.75) is 33.1 Å². The van der Waals surface area contributed by atoms with E-state index in [-0.39, 0.29) is 23.2 Å². The Balaban J connectivity index is 1.82. The van der Waals surface area contributed by atoms with Gasteiger partial charge in [-0.2, -0.15) is 5.10 Å². The summed E-state index contributed by atoms with van der Waals surface area (Å²) in [4.78, 5) is 37.1. The van der Waals surface area contributed by atoms with E-state index in [1.54, 1.807) is 4.68 Å². The number of likely N-dealkylation sites (N-methyl/N-ethyl adjacent to an activating group) is 1. The Kier molecular flexibility index (Phi) is 6.62. The molecule has 2 amide bonds. The van der Waals surface area contributed by atoms with Crippen molar-refractivity contribution < 1.29 is 14.5 Å². The summed E-state index contributed by atoms with van der Waals surface area (Å²) in [6, 6.07) is 15.0. The molecule has 33 heavy (non-hydrogen) atoms. The van der Waals surface area contributed by atoms with Crippen LogP contribution in [0.5, 0.6) is 0 Å². The average molecular weight is 450 g/mol. The van der Waals surface area contributed by atoms with Crippen LogP contribution >= 0.6 is 0 Å². The molecule has 9 nitrogen and oxygen atoms in total. The second-order valence-corrected chi connectivity index (χ2v) is 8.88. The zero-order valence-electron chi connectivity index (χ0n) is 19.3. The predicted molar refractivity (Wildman–Crippen MR) is 126 cm³/mol. The third kappa shape index (κ3) is 5.43. The summed E-state index contributed by atoms with van der Waals surface area (Å²) >= 11 is 0. The van der Waals surface area contributed by atoms with Gasteiger partial charge in [-0.1, -0.05) is 45.0 Å². The van der Waals surface area contributed by atoms with Crippen molar-refractivity contribution in [1.29, 1.82) is 0 Å². The summed E-state index contributed by atoms with van der Waals surface area (Å²) in [5, 5.41) is 18.5.